The fraction of sp³-hybridized carbons (Fsp3) is 0.259. The molecule has 0 atom stereocenters. The third-order valence-corrected chi connectivity index (χ3v) is 5.18. The van der Waals surface area contributed by atoms with E-state index in [0.29, 0.717) is 22.2 Å². The predicted octanol–water partition coefficient (Wildman–Crippen LogP) is 4.30. The van der Waals surface area contributed by atoms with Gasteiger partial charge in [-0.2, -0.15) is 0 Å². The molecule has 8 nitrogen and oxygen atoms in total. The molecule has 0 aliphatic rings. The number of aryl methyl sites for hydroxylation is 1. The lowest BCUT2D eigenvalue weighted by molar-refractivity contribution is -0.119. The first-order chi connectivity index (χ1) is 17.4. The number of hydrogen-bond donors (Lipinski definition) is 3. The Morgan fingerprint density at radius 1 is 1.16 bits per heavy atom. The van der Waals surface area contributed by atoms with Gasteiger partial charge in [0.1, 0.15) is 11.6 Å². The zero-order chi connectivity index (χ0) is 27.3. The van der Waals surface area contributed by atoms with Crippen molar-refractivity contribution in [2.24, 2.45) is 10.7 Å². The SMILES string of the molecule is CNC(=O)c1cc2c(Oc3c(C)cc(CC(=O)N/C(C=NC(C)(C)C)=C/N)cc3F)ccnc2cc1F. The quantitative estimate of drug-likeness (QED) is 0.411. The van der Waals surface area contributed by atoms with Crippen molar-refractivity contribution < 1.29 is 23.1 Å². The van der Waals surface area contributed by atoms with E-state index in [4.69, 9.17) is 10.5 Å². The molecule has 0 spiro atoms. The third-order valence-electron chi connectivity index (χ3n) is 5.18. The Morgan fingerprint density at radius 3 is 2.51 bits per heavy atom. The number of benzene rings is 2. The molecule has 10 heteroatoms. The maximum Gasteiger partial charge on any atom is 0.254 e. The summed E-state index contributed by atoms with van der Waals surface area (Å²) in [4.78, 5) is 32.9. The van der Waals surface area contributed by atoms with Gasteiger partial charge in [0.05, 0.1) is 28.7 Å². The van der Waals surface area contributed by atoms with Crippen LogP contribution in [0, 0.1) is 18.6 Å². The number of aromatic nitrogens is 1. The van der Waals surface area contributed by atoms with Crippen molar-refractivity contribution in [3.8, 4) is 11.5 Å². The van der Waals surface area contributed by atoms with Crippen LogP contribution < -0.4 is 21.1 Å². The number of ether oxygens (including phenoxy) is 1. The average molecular weight is 510 g/mol. The predicted molar refractivity (Wildman–Crippen MR) is 139 cm³/mol. The van der Waals surface area contributed by atoms with Gasteiger partial charge in [-0.25, -0.2) is 8.78 Å². The van der Waals surface area contributed by atoms with Crippen molar-refractivity contribution in [2.45, 2.75) is 39.7 Å². The van der Waals surface area contributed by atoms with Crippen LogP contribution in [0.3, 0.4) is 0 Å². The van der Waals surface area contributed by atoms with Crippen LogP contribution in [0.25, 0.3) is 10.9 Å². The van der Waals surface area contributed by atoms with Gasteiger partial charge in [-0.05, 0) is 57.0 Å². The van der Waals surface area contributed by atoms with Crippen LogP contribution in [0.2, 0.25) is 0 Å². The average Bonchev–Trinajstić information content (AvgIpc) is 2.82. The fourth-order valence-corrected chi connectivity index (χ4v) is 3.45. The van der Waals surface area contributed by atoms with Crippen molar-refractivity contribution in [3.05, 3.63) is 76.8 Å². The monoisotopic (exact) mass is 509 g/mol. The molecule has 0 aliphatic carbocycles. The van der Waals surface area contributed by atoms with Gasteiger partial charge >= 0.3 is 0 Å². The molecule has 3 aromatic rings. The molecule has 0 unspecified atom stereocenters. The number of hydrogen-bond acceptors (Lipinski definition) is 6. The highest BCUT2D eigenvalue weighted by molar-refractivity contribution is 5.99. The fourth-order valence-electron chi connectivity index (χ4n) is 3.45. The Hall–Kier alpha value is -4.34. The smallest absolute Gasteiger partial charge is 0.254 e. The first kappa shape index (κ1) is 27.3. The normalized spacial score (nSPS) is 12.1. The second-order valence-corrected chi connectivity index (χ2v) is 9.34. The zero-order valence-electron chi connectivity index (χ0n) is 21.3. The van der Waals surface area contributed by atoms with Crippen molar-refractivity contribution in [1.29, 1.82) is 0 Å². The van der Waals surface area contributed by atoms with E-state index < -0.39 is 23.4 Å². The van der Waals surface area contributed by atoms with Crippen LogP contribution >= 0.6 is 0 Å². The highest BCUT2D eigenvalue weighted by Crippen LogP contribution is 2.34. The van der Waals surface area contributed by atoms with E-state index in [1.165, 1.54) is 43.9 Å². The summed E-state index contributed by atoms with van der Waals surface area (Å²) in [6, 6.07) is 6.76. The molecule has 0 aliphatic heterocycles. The zero-order valence-corrected chi connectivity index (χ0v) is 21.3. The molecule has 3 rings (SSSR count). The third kappa shape index (κ3) is 6.87. The number of rotatable bonds is 7. The number of pyridine rings is 1. The van der Waals surface area contributed by atoms with Gasteiger partial charge in [0, 0.05) is 37.1 Å². The van der Waals surface area contributed by atoms with Gasteiger partial charge in [0.2, 0.25) is 5.91 Å². The molecule has 1 aromatic heterocycles. The highest BCUT2D eigenvalue weighted by atomic mass is 19.1. The number of fused-ring (bicyclic) bond motifs is 1. The van der Waals surface area contributed by atoms with Gasteiger partial charge in [-0.1, -0.05) is 6.07 Å². The number of carbonyl (C=O) groups is 2. The number of halogens is 2. The first-order valence-electron chi connectivity index (χ1n) is 11.5. The topological polar surface area (TPSA) is 119 Å². The molecule has 2 amide bonds. The summed E-state index contributed by atoms with van der Waals surface area (Å²) in [5.41, 5.74) is 6.48. The second kappa shape index (κ2) is 11.2. The van der Waals surface area contributed by atoms with E-state index in [-0.39, 0.29) is 34.5 Å². The Kier molecular flexibility index (Phi) is 8.21. The second-order valence-electron chi connectivity index (χ2n) is 9.34. The van der Waals surface area contributed by atoms with Crippen molar-refractivity contribution in [1.82, 2.24) is 15.6 Å². The van der Waals surface area contributed by atoms with Crippen LogP contribution in [0.1, 0.15) is 42.3 Å². The van der Waals surface area contributed by atoms with Crippen LogP contribution in [-0.4, -0.2) is 35.6 Å². The minimum absolute atomic E-state index is 0.0673. The van der Waals surface area contributed by atoms with Gasteiger partial charge < -0.3 is 21.1 Å². The van der Waals surface area contributed by atoms with Crippen LogP contribution in [-0.2, 0) is 11.2 Å². The largest absolute Gasteiger partial charge is 0.453 e. The molecule has 0 bridgehead atoms. The first-order valence-corrected chi connectivity index (χ1v) is 11.5. The van der Waals surface area contributed by atoms with Gasteiger partial charge in [0.15, 0.2) is 11.6 Å². The van der Waals surface area contributed by atoms with Gasteiger partial charge in [-0.3, -0.25) is 19.6 Å². The molecule has 194 valence electrons. The molecular weight excluding hydrogens is 480 g/mol. The van der Waals surface area contributed by atoms with E-state index >= 15 is 4.39 Å². The number of amides is 2. The number of carbonyl (C=O) groups excluding carboxylic acids is 2. The summed E-state index contributed by atoms with van der Waals surface area (Å²) in [6.45, 7) is 7.35. The molecule has 0 fully saturated rings. The van der Waals surface area contributed by atoms with E-state index in [0.717, 1.165) is 6.07 Å². The molecule has 4 N–H and O–H groups in total. The lowest BCUT2D eigenvalue weighted by Gasteiger charge is -2.14. The van der Waals surface area contributed by atoms with Crippen LogP contribution in [0.4, 0.5) is 8.78 Å². The lowest BCUT2D eigenvalue weighted by Crippen LogP contribution is -2.26. The van der Waals surface area contributed by atoms with E-state index in [2.05, 4.69) is 20.6 Å². The summed E-state index contributed by atoms with van der Waals surface area (Å²) in [5, 5.41) is 5.36. The van der Waals surface area contributed by atoms with Crippen molar-refractivity contribution in [3.63, 3.8) is 0 Å². The van der Waals surface area contributed by atoms with E-state index in [1.54, 1.807) is 13.0 Å². The number of nitrogens with one attached hydrogen (secondary N) is 2. The molecule has 0 radical (unpaired) electrons. The minimum Gasteiger partial charge on any atom is -0.453 e. The Labute approximate surface area is 213 Å². The summed E-state index contributed by atoms with van der Waals surface area (Å²) in [6.07, 6.45) is 4.00. The number of aliphatic imine (C=N–C) groups is 1. The van der Waals surface area contributed by atoms with Gasteiger partial charge in [0.25, 0.3) is 5.91 Å². The number of nitrogens with two attached hydrogens (primary N) is 1. The summed E-state index contributed by atoms with van der Waals surface area (Å²) >= 11 is 0. The van der Waals surface area contributed by atoms with Crippen LogP contribution in [0.15, 0.2) is 53.4 Å². The molecule has 37 heavy (non-hydrogen) atoms. The summed E-state index contributed by atoms with van der Waals surface area (Å²) in [7, 11) is 1.39. The van der Waals surface area contributed by atoms with Crippen molar-refractivity contribution >= 4 is 28.9 Å². The highest BCUT2D eigenvalue weighted by Gasteiger charge is 2.18. The Morgan fingerprint density at radius 2 is 1.89 bits per heavy atom. The summed E-state index contributed by atoms with van der Waals surface area (Å²) < 4.78 is 35.3. The number of nitrogens with zero attached hydrogens (tertiary/aromatic N) is 2. The van der Waals surface area contributed by atoms with E-state index in [1.807, 2.05) is 20.8 Å². The van der Waals surface area contributed by atoms with Crippen molar-refractivity contribution in [2.75, 3.05) is 7.05 Å². The van der Waals surface area contributed by atoms with Gasteiger partial charge in [-0.15, -0.1) is 0 Å². The molecule has 1 heterocycles. The summed E-state index contributed by atoms with van der Waals surface area (Å²) in [5.74, 6) is -2.31. The number of allylic oxidation sites excluding steroid dienone is 1. The van der Waals surface area contributed by atoms with E-state index in [9.17, 15) is 14.0 Å². The standard InChI is InChI=1S/C27H29F2N5O3/c1-15-8-16(10-24(35)34-17(13-30)14-33-27(2,3)4)9-21(29)25(15)37-23-6-7-32-22-12-20(28)18(11-19(22)23)26(36)31-5/h6-9,11-14H,10,30H2,1-5H3,(H,31,36)(H,34,35)/b17-13+,33-14?. The molecule has 0 saturated heterocycles. The molecular formula is C27H29F2N5O3. The Bertz CT molecular complexity index is 1390. The molecule has 2 aromatic carbocycles. The maximum atomic E-state index is 15.1. The van der Waals surface area contributed by atoms with Crippen LogP contribution in [0.5, 0.6) is 11.5 Å². The maximum absolute atomic E-state index is 15.1. The minimum atomic E-state index is -0.737. The Balaban J connectivity index is 1.84. The lowest BCUT2D eigenvalue weighted by atomic mass is 10.1. The molecule has 0 saturated carbocycles.